The topological polar surface area (TPSA) is 74.6 Å². The van der Waals surface area contributed by atoms with Gasteiger partial charge in [-0.05, 0) is 87.1 Å². The highest BCUT2D eigenvalue weighted by Gasteiger charge is 2.12. The number of hydrogen-bond acceptors (Lipinski definition) is 5. The van der Waals surface area contributed by atoms with Crippen LogP contribution in [0.1, 0.15) is 23.7 Å². The Morgan fingerprint density at radius 2 is 1.91 bits per heavy atom. The molecule has 176 valence electrons. The van der Waals surface area contributed by atoms with Gasteiger partial charge in [0.05, 0.1) is 0 Å². The molecule has 7 nitrogen and oxygen atoms in total. The number of aromatic nitrogens is 3. The number of carbonyl (C=O) groups excluding carboxylic acids is 1. The summed E-state index contributed by atoms with van der Waals surface area (Å²) < 4.78 is 1.73. The largest absolute Gasteiger partial charge is 0.352 e. The molecule has 0 bridgehead atoms. The SMILES string of the molecule is CC(CCN(C)C)CNC(=O)c1ccc(Nc2nc3c(-c4cccc(Cl)c4)cccn3n2)cc1. The van der Waals surface area contributed by atoms with Gasteiger partial charge in [-0.15, -0.1) is 5.10 Å². The molecule has 0 saturated heterocycles. The highest BCUT2D eigenvalue weighted by Crippen LogP contribution is 2.27. The number of rotatable bonds is 9. The lowest BCUT2D eigenvalue weighted by atomic mass is 10.1. The molecule has 0 aliphatic heterocycles. The molecular formula is C26H29ClN6O. The molecule has 34 heavy (non-hydrogen) atoms. The van der Waals surface area contributed by atoms with Crippen LogP contribution in [0, 0.1) is 5.92 Å². The summed E-state index contributed by atoms with van der Waals surface area (Å²) in [4.78, 5) is 19.3. The Morgan fingerprint density at radius 3 is 2.65 bits per heavy atom. The number of anilines is 2. The average Bonchev–Trinajstić information content (AvgIpc) is 3.24. The summed E-state index contributed by atoms with van der Waals surface area (Å²) in [7, 11) is 4.11. The molecule has 8 heteroatoms. The van der Waals surface area contributed by atoms with E-state index in [1.165, 1.54) is 0 Å². The first-order valence-electron chi connectivity index (χ1n) is 11.3. The van der Waals surface area contributed by atoms with Crippen LogP contribution in [0.2, 0.25) is 5.02 Å². The van der Waals surface area contributed by atoms with Crippen LogP contribution < -0.4 is 10.6 Å². The number of fused-ring (bicyclic) bond motifs is 1. The Morgan fingerprint density at radius 1 is 1.12 bits per heavy atom. The summed E-state index contributed by atoms with van der Waals surface area (Å²) >= 11 is 6.17. The second kappa shape index (κ2) is 10.7. The molecule has 2 N–H and O–H groups in total. The lowest BCUT2D eigenvalue weighted by Gasteiger charge is -2.15. The maximum Gasteiger partial charge on any atom is 0.251 e. The number of benzene rings is 2. The molecule has 2 aromatic carbocycles. The van der Waals surface area contributed by atoms with Gasteiger partial charge in [0.15, 0.2) is 5.65 Å². The summed E-state index contributed by atoms with van der Waals surface area (Å²) in [5.74, 6) is 0.826. The fourth-order valence-corrected chi connectivity index (χ4v) is 3.81. The highest BCUT2D eigenvalue weighted by atomic mass is 35.5. The predicted octanol–water partition coefficient (Wildman–Crippen LogP) is 5.11. The Kier molecular flexibility index (Phi) is 7.45. The van der Waals surface area contributed by atoms with Crippen molar-refractivity contribution in [2.75, 3.05) is 32.5 Å². The fraction of sp³-hybridized carbons (Fsp3) is 0.269. The van der Waals surface area contributed by atoms with Crippen LogP contribution in [0.15, 0.2) is 66.9 Å². The minimum absolute atomic E-state index is 0.0692. The summed E-state index contributed by atoms with van der Waals surface area (Å²) in [6.07, 6.45) is 2.90. The van der Waals surface area contributed by atoms with Crippen LogP contribution in [0.5, 0.6) is 0 Å². The molecule has 0 aliphatic rings. The Hall–Kier alpha value is -3.42. The van der Waals surface area contributed by atoms with Gasteiger partial charge >= 0.3 is 0 Å². The third-order valence-corrected chi connectivity index (χ3v) is 5.82. The second-order valence-electron chi connectivity index (χ2n) is 8.75. The van der Waals surface area contributed by atoms with Crippen molar-refractivity contribution in [2.45, 2.75) is 13.3 Å². The number of pyridine rings is 1. The van der Waals surface area contributed by atoms with Gasteiger partial charge in [0.25, 0.3) is 5.91 Å². The summed E-state index contributed by atoms with van der Waals surface area (Å²) in [6.45, 7) is 3.82. The summed E-state index contributed by atoms with van der Waals surface area (Å²) in [5.41, 5.74) is 4.07. The van der Waals surface area contributed by atoms with Crippen LogP contribution in [0.25, 0.3) is 16.8 Å². The number of nitrogens with zero attached hydrogens (tertiary/aromatic N) is 4. The van der Waals surface area contributed by atoms with Gasteiger partial charge in [0.1, 0.15) is 0 Å². The molecule has 4 rings (SSSR count). The zero-order chi connectivity index (χ0) is 24.1. The van der Waals surface area contributed by atoms with Crippen LogP contribution in [-0.2, 0) is 0 Å². The third kappa shape index (κ3) is 5.92. The second-order valence-corrected chi connectivity index (χ2v) is 9.18. The van der Waals surface area contributed by atoms with Crippen LogP contribution in [0.3, 0.4) is 0 Å². The minimum atomic E-state index is -0.0692. The zero-order valence-electron chi connectivity index (χ0n) is 19.6. The van der Waals surface area contributed by atoms with Gasteiger partial charge in [0.2, 0.25) is 5.95 Å². The van der Waals surface area contributed by atoms with E-state index < -0.39 is 0 Å². The normalized spacial score (nSPS) is 12.1. The molecule has 0 saturated carbocycles. The molecule has 1 unspecified atom stereocenters. The van der Waals surface area contributed by atoms with Crippen molar-refractivity contribution in [1.82, 2.24) is 24.8 Å². The van der Waals surface area contributed by atoms with Crippen molar-refractivity contribution < 1.29 is 4.79 Å². The molecule has 2 aromatic heterocycles. The van der Waals surface area contributed by atoms with E-state index >= 15 is 0 Å². The number of hydrogen-bond donors (Lipinski definition) is 2. The lowest BCUT2D eigenvalue weighted by molar-refractivity contribution is 0.0947. The van der Waals surface area contributed by atoms with Crippen LogP contribution in [-0.4, -0.2) is 52.6 Å². The fourth-order valence-electron chi connectivity index (χ4n) is 3.62. The summed E-state index contributed by atoms with van der Waals surface area (Å²) in [5, 5.41) is 11.4. The third-order valence-electron chi connectivity index (χ3n) is 5.58. The smallest absolute Gasteiger partial charge is 0.251 e. The van der Waals surface area contributed by atoms with E-state index in [0.717, 1.165) is 35.4 Å². The lowest BCUT2D eigenvalue weighted by Crippen LogP contribution is -2.29. The van der Waals surface area contributed by atoms with E-state index in [2.05, 4.69) is 46.6 Å². The zero-order valence-corrected chi connectivity index (χ0v) is 20.4. The first-order valence-corrected chi connectivity index (χ1v) is 11.7. The number of nitrogens with one attached hydrogen (secondary N) is 2. The Labute approximate surface area is 204 Å². The van der Waals surface area contributed by atoms with Gasteiger partial charge < -0.3 is 15.5 Å². The molecule has 0 radical (unpaired) electrons. The van der Waals surface area contributed by atoms with Gasteiger partial charge in [-0.1, -0.05) is 30.7 Å². The first kappa shape index (κ1) is 23.7. The molecule has 0 fully saturated rings. The quantitative estimate of drug-likeness (QED) is 0.351. The molecule has 0 spiro atoms. The molecular weight excluding hydrogens is 448 g/mol. The summed E-state index contributed by atoms with van der Waals surface area (Å²) in [6, 6.07) is 18.9. The van der Waals surface area contributed by atoms with Crippen LogP contribution >= 0.6 is 11.6 Å². The molecule has 1 atom stereocenters. The van der Waals surface area contributed by atoms with Gasteiger partial charge in [-0.25, -0.2) is 4.52 Å². The Bertz CT molecular complexity index is 1270. The molecule has 0 aliphatic carbocycles. The number of carbonyl (C=O) groups is 1. The van der Waals surface area contributed by atoms with Crippen molar-refractivity contribution in [1.29, 1.82) is 0 Å². The van der Waals surface area contributed by atoms with Crippen molar-refractivity contribution in [3.8, 4) is 11.1 Å². The Balaban J connectivity index is 1.42. The van der Waals surface area contributed by atoms with Gasteiger partial charge in [0, 0.05) is 34.6 Å². The van der Waals surface area contributed by atoms with E-state index in [1.54, 1.807) is 16.6 Å². The molecule has 4 aromatic rings. The maximum atomic E-state index is 12.5. The van der Waals surface area contributed by atoms with E-state index in [0.29, 0.717) is 29.0 Å². The van der Waals surface area contributed by atoms with Crippen molar-refractivity contribution in [3.63, 3.8) is 0 Å². The molecule has 2 heterocycles. The van der Waals surface area contributed by atoms with Crippen molar-refractivity contribution in [2.24, 2.45) is 5.92 Å². The monoisotopic (exact) mass is 476 g/mol. The van der Waals surface area contributed by atoms with E-state index in [4.69, 9.17) is 11.6 Å². The van der Waals surface area contributed by atoms with Crippen LogP contribution in [0.4, 0.5) is 11.6 Å². The van der Waals surface area contributed by atoms with Gasteiger partial charge in [-0.2, -0.15) is 4.98 Å². The standard InChI is InChI=1S/C26H29ClN6O/c1-18(13-15-32(2)3)17-28-25(34)19-9-11-22(12-10-19)29-26-30-24-23(8-5-14-33(24)31-26)20-6-4-7-21(27)16-20/h4-12,14,16,18H,13,15,17H2,1-3H3,(H,28,34)(H,29,31). The highest BCUT2D eigenvalue weighted by molar-refractivity contribution is 6.30. The maximum absolute atomic E-state index is 12.5. The first-order chi connectivity index (χ1) is 16.4. The minimum Gasteiger partial charge on any atom is -0.352 e. The average molecular weight is 477 g/mol. The van der Waals surface area contributed by atoms with E-state index in [1.807, 2.05) is 54.7 Å². The van der Waals surface area contributed by atoms with Crippen molar-refractivity contribution in [3.05, 3.63) is 77.4 Å². The van der Waals surface area contributed by atoms with E-state index in [9.17, 15) is 4.79 Å². The number of amides is 1. The molecule has 1 amide bonds. The van der Waals surface area contributed by atoms with E-state index in [-0.39, 0.29) is 5.91 Å². The van der Waals surface area contributed by atoms with Crippen molar-refractivity contribution >= 4 is 34.8 Å². The van der Waals surface area contributed by atoms with Gasteiger partial charge in [-0.3, -0.25) is 4.79 Å². The number of halogens is 1. The predicted molar refractivity (Wildman–Crippen MR) is 138 cm³/mol.